The molecule has 5 heteroatoms. The van der Waals surface area contributed by atoms with E-state index < -0.39 is 0 Å². The third-order valence-electron chi connectivity index (χ3n) is 3.78. The van der Waals surface area contributed by atoms with E-state index in [2.05, 4.69) is 17.1 Å². The Hall–Kier alpha value is -2.53. The number of aromatic nitrogens is 1. The van der Waals surface area contributed by atoms with Crippen molar-refractivity contribution in [1.82, 2.24) is 4.98 Å². The molecule has 0 saturated carbocycles. The highest BCUT2D eigenvalue weighted by Gasteiger charge is 2.14. The highest BCUT2D eigenvalue weighted by atomic mass is 32.2. The average Bonchev–Trinajstić information content (AvgIpc) is 2.61. The number of nitrogens with zero attached hydrogens (tertiary/aromatic N) is 1. The van der Waals surface area contributed by atoms with Gasteiger partial charge < -0.3 is 10.5 Å². The molecule has 0 bridgehead atoms. The van der Waals surface area contributed by atoms with Crippen molar-refractivity contribution >= 4 is 28.6 Å². The number of thioether (sulfide) groups is 1. The predicted octanol–water partition coefficient (Wildman–Crippen LogP) is 3.88. The van der Waals surface area contributed by atoms with Gasteiger partial charge in [-0.05, 0) is 36.2 Å². The van der Waals surface area contributed by atoms with E-state index in [1.807, 2.05) is 42.5 Å². The zero-order valence-electron chi connectivity index (χ0n) is 13.5. The van der Waals surface area contributed by atoms with Gasteiger partial charge in [0, 0.05) is 11.5 Å². The van der Waals surface area contributed by atoms with Crippen LogP contribution in [0, 0.1) is 0 Å². The quantitative estimate of drug-likeness (QED) is 0.717. The molecule has 1 amide bonds. The molecule has 4 nitrogen and oxygen atoms in total. The Bertz CT molecular complexity index is 881. The summed E-state index contributed by atoms with van der Waals surface area (Å²) in [5, 5.41) is 1.46. The highest BCUT2D eigenvalue weighted by molar-refractivity contribution is 8.00. The molecule has 0 saturated heterocycles. The number of primary amides is 1. The predicted molar refractivity (Wildman–Crippen MR) is 98.2 cm³/mol. The first-order chi connectivity index (χ1) is 11.6. The van der Waals surface area contributed by atoms with Crippen LogP contribution in [0.5, 0.6) is 5.75 Å². The van der Waals surface area contributed by atoms with Gasteiger partial charge >= 0.3 is 0 Å². The van der Waals surface area contributed by atoms with Gasteiger partial charge in [0.05, 0.1) is 22.9 Å². The van der Waals surface area contributed by atoms with Crippen molar-refractivity contribution in [2.45, 2.75) is 17.2 Å². The third kappa shape index (κ3) is 3.36. The summed E-state index contributed by atoms with van der Waals surface area (Å²) in [7, 11) is 1.63. The van der Waals surface area contributed by atoms with Crippen LogP contribution >= 0.6 is 11.8 Å². The highest BCUT2D eigenvalue weighted by Crippen LogP contribution is 2.34. The number of fused-ring (bicyclic) bond motifs is 1. The van der Waals surface area contributed by atoms with E-state index in [1.165, 1.54) is 11.8 Å². The summed E-state index contributed by atoms with van der Waals surface area (Å²) in [5.41, 5.74) is 8.38. The van der Waals surface area contributed by atoms with E-state index >= 15 is 0 Å². The van der Waals surface area contributed by atoms with Crippen LogP contribution in [0.1, 0.15) is 6.92 Å². The molecule has 0 radical (unpaired) electrons. The number of carbonyl (C=O) groups is 1. The first-order valence-corrected chi connectivity index (χ1v) is 8.46. The van der Waals surface area contributed by atoms with Gasteiger partial charge in [0.25, 0.3) is 0 Å². The second-order valence-corrected chi connectivity index (χ2v) is 6.78. The zero-order valence-corrected chi connectivity index (χ0v) is 14.3. The number of rotatable bonds is 5. The lowest BCUT2D eigenvalue weighted by atomic mass is 10.0. The van der Waals surface area contributed by atoms with E-state index in [1.54, 1.807) is 14.0 Å². The van der Waals surface area contributed by atoms with Crippen molar-refractivity contribution in [3.8, 4) is 16.9 Å². The molecule has 0 aliphatic carbocycles. The summed E-state index contributed by atoms with van der Waals surface area (Å²) in [6.07, 6.45) is 0. The Morgan fingerprint density at radius 3 is 2.58 bits per heavy atom. The number of amides is 1. The maximum absolute atomic E-state index is 11.4. The molecule has 24 heavy (non-hydrogen) atoms. The van der Waals surface area contributed by atoms with Crippen LogP contribution < -0.4 is 10.5 Å². The summed E-state index contributed by atoms with van der Waals surface area (Å²) in [6, 6.07) is 18.0. The number of benzene rings is 2. The van der Waals surface area contributed by atoms with E-state index in [0.717, 1.165) is 32.8 Å². The molecule has 1 heterocycles. The Morgan fingerprint density at radius 2 is 1.92 bits per heavy atom. The van der Waals surface area contributed by atoms with E-state index in [4.69, 9.17) is 10.5 Å². The molecule has 1 atom stereocenters. The molecule has 1 aromatic heterocycles. The molecule has 0 aliphatic heterocycles. The number of pyridine rings is 1. The topological polar surface area (TPSA) is 65.2 Å². The summed E-state index contributed by atoms with van der Waals surface area (Å²) >= 11 is 1.36. The molecule has 0 fully saturated rings. The Kier molecular flexibility index (Phi) is 4.71. The van der Waals surface area contributed by atoms with Crippen molar-refractivity contribution in [3.05, 3.63) is 54.6 Å². The average molecular weight is 338 g/mol. The number of hydrogen-bond acceptors (Lipinski definition) is 4. The van der Waals surface area contributed by atoms with Gasteiger partial charge in [-0.25, -0.2) is 4.98 Å². The van der Waals surface area contributed by atoms with Crippen molar-refractivity contribution in [2.24, 2.45) is 5.73 Å². The summed E-state index contributed by atoms with van der Waals surface area (Å²) in [5.74, 6) is 0.396. The molecule has 3 rings (SSSR count). The number of methoxy groups -OCH3 is 1. The molecule has 2 aromatic carbocycles. The molecular weight excluding hydrogens is 320 g/mol. The minimum Gasteiger partial charge on any atom is -0.497 e. The number of hydrogen-bond donors (Lipinski definition) is 1. The maximum atomic E-state index is 11.4. The lowest BCUT2D eigenvalue weighted by Crippen LogP contribution is -2.22. The molecule has 0 spiro atoms. The molecule has 122 valence electrons. The summed E-state index contributed by atoms with van der Waals surface area (Å²) in [6.45, 7) is 1.78. The maximum Gasteiger partial charge on any atom is 0.230 e. The minimum atomic E-state index is -0.353. The van der Waals surface area contributed by atoms with Crippen LogP contribution in [0.3, 0.4) is 0 Å². The third-order valence-corrected chi connectivity index (χ3v) is 4.81. The van der Waals surface area contributed by atoms with E-state index in [9.17, 15) is 4.79 Å². The largest absolute Gasteiger partial charge is 0.497 e. The standard InChI is InChI=1S/C19H18N2O2S/c1-12(19(20)22)24-18-11-16(13-6-4-3-5-7-13)15-9-8-14(23-2)10-17(15)21-18/h3-12H,1-2H3,(H2,20,22)/t12-/m0/s1. The van der Waals surface area contributed by atoms with Crippen molar-refractivity contribution in [1.29, 1.82) is 0 Å². The van der Waals surface area contributed by atoms with Gasteiger partial charge in [0.2, 0.25) is 5.91 Å². The van der Waals surface area contributed by atoms with Crippen LogP contribution in [-0.4, -0.2) is 23.3 Å². The Labute approximate surface area is 145 Å². The van der Waals surface area contributed by atoms with Gasteiger partial charge in [-0.2, -0.15) is 0 Å². The van der Waals surface area contributed by atoms with E-state index in [-0.39, 0.29) is 11.2 Å². The number of ether oxygens (including phenoxy) is 1. The molecular formula is C19H18N2O2S. The second kappa shape index (κ2) is 6.93. The van der Waals surface area contributed by atoms with Crippen LogP contribution in [0.15, 0.2) is 59.6 Å². The minimum absolute atomic E-state index is 0.343. The lowest BCUT2D eigenvalue weighted by Gasteiger charge is -2.12. The van der Waals surface area contributed by atoms with E-state index in [0.29, 0.717) is 0 Å². The van der Waals surface area contributed by atoms with Crippen LogP contribution in [0.25, 0.3) is 22.0 Å². The first-order valence-electron chi connectivity index (χ1n) is 7.58. The normalized spacial score (nSPS) is 12.1. The fourth-order valence-electron chi connectivity index (χ4n) is 2.47. The Morgan fingerprint density at radius 1 is 1.17 bits per heavy atom. The summed E-state index contributed by atoms with van der Waals surface area (Å²) in [4.78, 5) is 16.0. The summed E-state index contributed by atoms with van der Waals surface area (Å²) < 4.78 is 5.31. The van der Waals surface area contributed by atoms with Crippen LogP contribution in [0.2, 0.25) is 0 Å². The van der Waals surface area contributed by atoms with Crippen LogP contribution in [-0.2, 0) is 4.79 Å². The second-order valence-electron chi connectivity index (χ2n) is 5.42. The molecule has 0 aliphatic rings. The van der Waals surface area contributed by atoms with Crippen molar-refractivity contribution < 1.29 is 9.53 Å². The number of carbonyl (C=O) groups excluding carboxylic acids is 1. The van der Waals surface area contributed by atoms with Gasteiger partial charge in [0.15, 0.2) is 0 Å². The SMILES string of the molecule is COc1ccc2c(-c3ccccc3)cc(S[C@@H](C)C(N)=O)nc2c1. The fraction of sp³-hybridized carbons (Fsp3) is 0.158. The zero-order chi connectivity index (χ0) is 17.1. The smallest absolute Gasteiger partial charge is 0.230 e. The van der Waals surface area contributed by atoms with Gasteiger partial charge in [-0.3, -0.25) is 4.79 Å². The fourth-order valence-corrected chi connectivity index (χ4v) is 3.28. The van der Waals surface area contributed by atoms with Crippen LogP contribution in [0.4, 0.5) is 0 Å². The number of nitrogens with two attached hydrogens (primary N) is 1. The lowest BCUT2D eigenvalue weighted by molar-refractivity contribution is -0.117. The first kappa shape index (κ1) is 16.3. The van der Waals surface area contributed by atoms with Gasteiger partial charge in [-0.15, -0.1) is 0 Å². The monoisotopic (exact) mass is 338 g/mol. The molecule has 2 N–H and O–H groups in total. The van der Waals surface area contributed by atoms with Crippen molar-refractivity contribution in [2.75, 3.05) is 7.11 Å². The molecule has 3 aromatic rings. The van der Waals surface area contributed by atoms with Gasteiger partial charge in [0.1, 0.15) is 5.75 Å². The van der Waals surface area contributed by atoms with Crippen molar-refractivity contribution in [3.63, 3.8) is 0 Å². The van der Waals surface area contributed by atoms with Gasteiger partial charge in [-0.1, -0.05) is 42.1 Å². The Balaban J connectivity index is 2.18. The molecule has 0 unspecified atom stereocenters.